The quantitative estimate of drug-likeness (QED) is 0.478. The SMILES string of the molecule is NCCCCCNCC(F)(F)C(F)F. The van der Waals surface area contributed by atoms with Crippen molar-refractivity contribution in [2.45, 2.75) is 31.6 Å². The summed E-state index contributed by atoms with van der Waals surface area (Å²) in [7, 11) is 0. The largest absolute Gasteiger partial charge is 0.330 e. The molecule has 14 heavy (non-hydrogen) atoms. The molecule has 3 N–H and O–H groups in total. The van der Waals surface area contributed by atoms with E-state index in [4.69, 9.17) is 5.73 Å². The number of hydrogen-bond donors (Lipinski definition) is 2. The van der Waals surface area contributed by atoms with E-state index in [1.54, 1.807) is 0 Å². The Morgan fingerprint density at radius 3 is 2.29 bits per heavy atom. The van der Waals surface area contributed by atoms with E-state index in [9.17, 15) is 17.6 Å². The molecule has 0 rings (SSSR count). The summed E-state index contributed by atoms with van der Waals surface area (Å²) in [5.74, 6) is -3.92. The number of alkyl halides is 4. The molecule has 0 radical (unpaired) electrons. The lowest BCUT2D eigenvalue weighted by atomic mass is 10.2. The first-order chi connectivity index (χ1) is 6.50. The Kier molecular flexibility index (Phi) is 6.82. The van der Waals surface area contributed by atoms with Crippen molar-refractivity contribution < 1.29 is 17.6 Å². The highest BCUT2D eigenvalue weighted by Crippen LogP contribution is 2.21. The fourth-order valence-electron chi connectivity index (χ4n) is 0.903. The number of nitrogens with two attached hydrogens (primary N) is 1. The van der Waals surface area contributed by atoms with Gasteiger partial charge >= 0.3 is 12.3 Å². The zero-order valence-electron chi connectivity index (χ0n) is 7.91. The second kappa shape index (κ2) is 7.00. The second-order valence-corrected chi connectivity index (χ2v) is 3.09. The van der Waals surface area contributed by atoms with E-state index >= 15 is 0 Å². The molecule has 2 nitrogen and oxygen atoms in total. The molecule has 0 spiro atoms. The molecule has 0 saturated carbocycles. The van der Waals surface area contributed by atoms with E-state index in [2.05, 4.69) is 5.32 Å². The fraction of sp³-hybridized carbons (Fsp3) is 1.00. The summed E-state index contributed by atoms with van der Waals surface area (Å²) in [5, 5.41) is 2.30. The van der Waals surface area contributed by atoms with Crippen LogP contribution in [-0.4, -0.2) is 32.0 Å². The summed E-state index contributed by atoms with van der Waals surface area (Å²) in [6.07, 6.45) is -1.27. The molecule has 0 unspecified atom stereocenters. The van der Waals surface area contributed by atoms with Crippen LogP contribution in [0.2, 0.25) is 0 Å². The molecule has 6 heteroatoms. The molecular formula is C8H16F4N2. The first-order valence-corrected chi connectivity index (χ1v) is 4.57. The number of hydrogen-bond acceptors (Lipinski definition) is 2. The number of rotatable bonds is 8. The first kappa shape index (κ1) is 13.6. The van der Waals surface area contributed by atoms with Crippen LogP contribution in [0.3, 0.4) is 0 Å². The molecule has 0 aliphatic rings. The van der Waals surface area contributed by atoms with Gasteiger partial charge in [-0.15, -0.1) is 0 Å². The zero-order chi connectivity index (χ0) is 11.0. The molecule has 0 aliphatic heterocycles. The highest BCUT2D eigenvalue weighted by Gasteiger charge is 2.39. The van der Waals surface area contributed by atoms with Crippen molar-refractivity contribution >= 4 is 0 Å². The minimum atomic E-state index is -3.92. The van der Waals surface area contributed by atoms with Gasteiger partial charge in [-0.05, 0) is 25.9 Å². The second-order valence-electron chi connectivity index (χ2n) is 3.09. The van der Waals surface area contributed by atoms with Crippen molar-refractivity contribution in [3.8, 4) is 0 Å². The Labute approximate surface area is 80.8 Å². The van der Waals surface area contributed by atoms with E-state index in [1.165, 1.54) is 0 Å². The van der Waals surface area contributed by atoms with Gasteiger partial charge in [0.1, 0.15) is 0 Å². The molecule has 0 aromatic heterocycles. The first-order valence-electron chi connectivity index (χ1n) is 4.57. The van der Waals surface area contributed by atoms with Crippen molar-refractivity contribution in [2.24, 2.45) is 5.73 Å². The maximum atomic E-state index is 12.3. The lowest BCUT2D eigenvalue weighted by Crippen LogP contribution is -2.39. The smallest absolute Gasteiger partial charge is 0.319 e. The van der Waals surface area contributed by atoms with Gasteiger partial charge in [0.25, 0.3) is 0 Å². The molecule has 0 fully saturated rings. The van der Waals surface area contributed by atoms with Gasteiger partial charge in [0.15, 0.2) is 0 Å². The molecule has 0 amide bonds. The molecule has 0 aliphatic carbocycles. The van der Waals surface area contributed by atoms with Crippen LogP contribution in [0, 0.1) is 0 Å². The minimum Gasteiger partial charge on any atom is -0.330 e. The van der Waals surface area contributed by atoms with Gasteiger partial charge < -0.3 is 11.1 Å². The van der Waals surface area contributed by atoms with E-state index in [0.717, 1.165) is 12.8 Å². The van der Waals surface area contributed by atoms with E-state index < -0.39 is 18.9 Å². The molecule has 86 valence electrons. The van der Waals surface area contributed by atoms with Crippen LogP contribution >= 0.6 is 0 Å². The monoisotopic (exact) mass is 216 g/mol. The standard InChI is InChI=1S/C8H16F4N2/c9-7(10)8(11,12)6-14-5-3-1-2-4-13/h7,14H,1-6,13H2. The van der Waals surface area contributed by atoms with Gasteiger partial charge in [0.2, 0.25) is 0 Å². The summed E-state index contributed by atoms with van der Waals surface area (Å²) < 4.78 is 47.9. The highest BCUT2D eigenvalue weighted by molar-refractivity contribution is 4.71. The van der Waals surface area contributed by atoms with Crippen molar-refractivity contribution in [1.82, 2.24) is 5.32 Å². The number of nitrogens with one attached hydrogen (secondary N) is 1. The van der Waals surface area contributed by atoms with Crippen LogP contribution in [0.1, 0.15) is 19.3 Å². The summed E-state index contributed by atoms with van der Waals surface area (Å²) in [6.45, 7) is -0.0806. The molecule has 0 aromatic rings. The zero-order valence-corrected chi connectivity index (χ0v) is 7.91. The predicted octanol–water partition coefficient (Wildman–Crippen LogP) is 1.61. The van der Waals surface area contributed by atoms with Gasteiger partial charge in [0.05, 0.1) is 6.54 Å². The number of unbranched alkanes of at least 4 members (excludes halogenated alkanes) is 2. The number of halogens is 4. The molecule has 0 saturated heterocycles. The normalized spacial score (nSPS) is 12.4. The third-order valence-corrected chi connectivity index (χ3v) is 1.74. The Hall–Kier alpha value is -0.360. The van der Waals surface area contributed by atoms with Crippen LogP contribution in [-0.2, 0) is 0 Å². The van der Waals surface area contributed by atoms with Crippen LogP contribution < -0.4 is 11.1 Å². The van der Waals surface area contributed by atoms with Gasteiger partial charge in [-0.2, -0.15) is 8.78 Å². The maximum absolute atomic E-state index is 12.3. The maximum Gasteiger partial charge on any atom is 0.319 e. The van der Waals surface area contributed by atoms with Crippen molar-refractivity contribution in [2.75, 3.05) is 19.6 Å². The molecule has 0 aromatic carbocycles. The average Bonchev–Trinajstić information content (AvgIpc) is 2.10. The van der Waals surface area contributed by atoms with Crippen LogP contribution in [0.4, 0.5) is 17.6 Å². The Morgan fingerprint density at radius 1 is 1.14 bits per heavy atom. The third kappa shape index (κ3) is 6.15. The molecular weight excluding hydrogens is 200 g/mol. The van der Waals surface area contributed by atoms with Crippen LogP contribution in [0.5, 0.6) is 0 Å². The Balaban J connectivity index is 3.35. The summed E-state index contributed by atoms with van der Waals surface area (Å²) >= 11 is 0. The topological polar surface area (TPSA) is 38.0 Å². The summed E-state index contributed by atoms with van der Waals surface area (Å²) in [6, 6.07) is 0. The van der Waals surface area contributed by atoms with E-state index in [-0.39, 0.29) is 0 Å². The van der Waals surface area contributed by atoms with Crippen molar-refractivity contribution in [1.29, 1.82) is 0 Å². The van der Waals surface area contributed by atoms with E-state index in [0.29, 0.717) is 19.5 Å². The third-order valence-electron chi connectivity index (χ3n) is 1.74. The average molecular weight is 216 g/mol. The predicted molar refractivity (Wildman–Crippen MR) is 46.7 cm³/mol. The molecule has 0 atom stereocenters. The Morgan fingerprint density at radius 2 is 1.79 bits per heavy atom. The summed E-state index contributed by atoms with van der Waals surface area (Å²) in [5.41, 5.74) is 5.21. The van der Waals surface area contributed by atoms with Gasteiger partial charge in [-0.1, -0.05) is 6.42 Å². The molecule has 0 heterocycles. The Bertz CT molecular complexity index is 141. The summed E-state index contributed by atoms with van der Waals surface area (Å²) in [4.78, 5) is 0. The van der Waals surface area contributed by atoms with E-state index in [1.807, 2.05) is 0 Å². The van der Waals surface area contributed by atoms with Gasteiger partial charge in [-0.3, -0.25) is 0 Å². The highest BCUT2D eigenvalue weighted by atomic mass is 19.3. The lowest BCUT2D eigenvalue weighted by molar-refractivity contribution is -0.125. The van der Waals surface area contributed by atoms with Crippen molar-refractivity contribution in [3.05, 3.63) is 0 Å². The van der Waals surface area contributed by atoms with Crippen molar-refractivity contribution in [3.63, 3.8) is 0 Å². The fourth-order valence-corrected chi connectivity index (χ4v) is 0.903. The van der Waals surface area contributed by atoms with Crippen LogP contribution in [0.15, 0.2) is 0 Å². The lowest BCUT2D eigenvalue weighted by Gasteiger charge is -2.15. The van der Waals surface area contributed by atoms with Gasteiger partial charge in [0, 0.05) is 0 Å². The van der Waals surface area contributed by atoms with Crippen LogP contribution in [0.25, 0.3) is 0 Å². The molecule has 0 bridgehead atoms. The minimum absolute atomic E-state index is 0.322. The van der Waals surface area contributed by atoms with Gasteiger partial charge in [-0.25, -0.2) is 8.78 Å².